The smallest absolute Gasteiger partial charge is 0.310 e. The molecule has 120 valence electrons. The molecule has 1 aliphatic carbocycles. The number of amides is 1. The second kappa shape index (κ2) is 7.75. The SMILES string of the molecule is O=C(CC1(C(=O)O)CCC1)NCCCOC1CCOCC1. The number of aliphatic carboxylic acids is 1. The fourth-order valence-corrected chi connectivity index (χ4v) is 2.83. The van der Waals surface area contributed by atoms with Crippen molar-refractivity contribution in [1.29, 1.82) is 0 Å². The minimum Gasteiger partial charge on any atom is -0.481 e. The van der Waals surface area contributed by atoms with E-state index in [2.05, 4.69) is 5.32 Å². The van der Waals surface area contributed by atoms with Crippen LogP contribution in [0.5, 0.6) is 0 Å². The van der Waals surface area contributed by atoms with E-state index < -0.39 is 11.4 Å². The zero-order valence-corrected chi connectivity index (χ0v) is 12.4. The molecule has 2 N–H and O–H groups in total. The van der Waals surface area contributed by atoms with Gasteiger partial charge in [0, 0.05) is 32.8 Å². The molecule has 0 spiro atoms. The lowest BCUT2D eigenvalue weighted by molar-refractivity contribution is -0.157. The van der Waals surface area contributed by atoms with Crippen molar-refractivity contribution in [3.05, 3.63) is 0 Å². The van der Waals surface area contributed by atoms with E-state index in [1.807, 2.05) is 0 Å². The molecule has 6 nitrogen and oxygen atoms in total. The van der Waals surface area contributed by atoms with Crippen molar-refractivity contribution in [3.63, 3.8) is 0 Å². The number of carbonyl (C=O) groups is 2. The van der Waals surface area contributed by atoms with Gasteiger partial charge in [0.25, 0.3) is 0 Å². The second-order valence-electron chi connectivity index (χ2n) is 6.00. The Hall–Kier alpha value is -1.14. The van der Waals surface area contributed by atoms with Crippen LogP contribution in [0.25, 0.3) is 0 Å². The Morgan fingerprint density at radius 3 is 2.57 bits per heavy atom. The maximum absolute atomic E-state index is 11.8. The third-order valence-electron chi connectivity index (χ3n) is 4.43. The number of hydrogen-bond donors (Lipinski definition) is 2. The maximum Gasteiger partial charge on any atom is 0.310 e. The van der Waals surface area contributed by atoms with Gasteiger partial charge in [0.2, 0.25) is 5.91 Å². The molecule has 2 rings (SSSR count). The summed E-state index contributed by atoms with van der Waals surface area (Å²) in [6.07, 6.45) is 5.14. The Balaban J connectivity index is 1.54. The summed E-state index contributed by atoms with van der Waals surface area (Å²) < 4.78 is 11.0. The third kappa shape index (κ3) is 4.68. The first-order valence-electron chi connectivity index (χ1n) is 7.82. The summed E-state index contributed by atoms with van der Waals surface area (Å²) in [6.45, 7) is 2.68. The zero-order chi connectivity index (χ0) is 15.1. The number of rotatable bonds is 8. The molecule has 0 aromatic heterocycles. The standard InChI is InChI=1S/C15H25NO5/c17-13(11-15(14(18)19)5-1-6-15)16-7-2-8-21-12-3-9-20-10-4-12/h12H,1-11H2,(H,16,17)(H,18,19). The van der Waals surface area contributed by atoms with Crippen LogP contribution in [0.3, 0.4) is 0 Å². The summed E-state index contributed by atoms with van der Waals surface area (Å²) in [5.74, 6) is -1.00. The van der Waals surface area contributed by atoms with Gasteiger partial charge in [-0.3, -0.25) is 9.59 Å². The van der Waals surface area contributed by atoms with Gasteiger partial charge >= 0.3 is 5.97 Å². The van der Waals surface area contributed by atoms with Crippen LogP contribution in [-0.4, -0.2) is 49.5 Å². The van der Waals surface area contributed by atoms with Crippen molar-refractivity contribution < 1.29 is 24.2 Å². The Kier molecular flexibility index (Phi) is 5.99. The van der Waals surface area contributed by atoms with E-state index in [4.69, 9.17) is 9.47 Å². The zero-order valence-electron chi connectivity index (χ0n) is 12.4. The topological polar surface area (TPSA) is 84.9 Å². The number of carboxylic acids is 1. The van der Waals surface area contributed by atoms with Crippen molar-refractivity contribution in [1.82, 2.24) is 5.32 Å². The van der Waals surface area contributed by atoms with Gasteiger partial charge < -0.3 is 19.9 Å². The summed E-state index contributed by atoms with van der Waals surface area (Å²) in [6, 6.07) is 0. The minimum absolute atomic E-state index is 0.100. The summed E-state index contributed by atoms with van der Waals surface area (Å²) in [5.41, 5.74) is -0.803. The predicted molar refractivity (Wildman–Crippen MR) is 76.0 cm³/mol. The monoisotopic (exact) mass is 299 g/mol. The number of ether oxygens (including phenoxy) is 2. The number of carbonyl (C=O) groups excluding carboxylic acids is 1. The lowest BCUT2D eigenvalue weighted by Crippen LogP contribution is -2.42. The fourth-order valence-electron chi connectivity index (χ4n) is 2.83. The molecule has 1 saturated carbocycles. The summed E-state index contributed by atoms with van der Waals surface area (Å²) in [4.78, 5) is 23.0. The molecule has 1 amide bonds. The highest BCUT2D eigenvalue weighted by atomic mass is 16.5. The minimum atomic E-state index is -0.841. The van der Waals surface area contributed by atoms with Crippen LogP contribution in [0.1, 0.15) is 44.9 Å². The van der Waals surface area contributed by atoms with Crippen LogP contribution in [0.4, 0.5) is 0 Å². The van der Waals surface area contributed by atoms with Crippen LogP contribution in [0, 0.1) is 5.41 Å². The highest BCUT2D eigenvalue weighted by Gasteiger charge is 2.45. The van der Waals surface area contributed by atoms with Gasteiger partial charge in [0.15, 0.2) is 0 Å². The number of carboxylic acid groups (broad SMARTS) is 1. The molecule has 0 atom stereocenters. The molecule has 21 heavy (non-hydrogen) atoms. The Morgan fingerprint density at radius 1 is 1.29 bits per heavy atom. The molecule has 0 bridgehead atoms. The third-order valence-corrected chi connectivity index (χ3v) is 4.43. The Morgan fingerprint density at radius 2 is 2.00 bits per heavy atom. The molecule has 0 radical (unpaired) electrons. The van der Waals surface area contributed by atoms with Gasteiger partial charge in [-0.05, 0) is 32.1 Å². The first-order chi connectivity index (χ1) is 10.1. The number of hydrogen-bond acceptors (Lipinski definition) is 4. The number of nitrogens with one attached hydrogen (secondary N) is 1. The van der Waals surface area contributed by atoms with Crippen molar-refractivity contribution in [2.24, 2.45) is 5.41 Å². The Bertz CT molecular complexity index is 361. The van der Waals surface area contributed by atoms with Crippen molar-refractivity contribution in [2.75, 3.05) is 26.4 Å². The van der Waals surface area contributed by atoms with Gasteiger partial charge in [0.1, 0.15) is 0 Å². The quantitative estimate of drug-likeness (QED) is 0.661. The first kappa shape index (κ1) is 16.2. The highest BCUT2D eigenvalue weighted by molar-refractivity contribution is 5.85. The van der Waals surface area contributed by atoms with Crippen molar-refractivity contribution in [3.8, 4) is 0 Å². The molecule has 2 aliphatic rings. The van der Waals surface area contributed by atoms with Gasteiger partial charge in [-0.2, -0.15) is 0 Å². The maximum atomic E-state index is 11.8. The molecule has 0 unspecified atom stereocenters. The van der Waals surface area contributed by atoms with E-state index in [-0.39, 0.29) is 18.4 Å². The van der Waals surface area contributed by atoms with Crippen LogP contribution in [-0.2, 0) is 19.1 Å². The van der Waals surface area contributed by atoms with Crippen LogP contribution in [0.2, 0.25) is 0 Å². The molecular formula is C15H25NO5. The van der Waals surface area contributed by atoms with E-state index in [0.717, 1.165) is 38.9 Å². The average molecular weight is 299 g/mol. The molecule has 2 fully saturated rings. The lowest BCUT2D eigenvalue weighted by Gasteiger charge is -2.36. The average Bonchev–Trinajstić information content (AvgIpc) is 2.43. The van der Waals surface area contributed by atoms with Crippen LogP contribution >= 0.6 is 0 Å². The largest absolute Gasteiger partial charge is 0.481 e. The van der Waals surface area contributed by atoms with Gasteiger partial charge in [-0.25, -0.2) is 0 Å². The van der Waals surface area contributed by atoms with Gasteiger partial charge in [-0.15, -0.1) is 0 Å². The molecule has 1 aliphatic heterocycles. The van der Waals surface area contributed by atoms with E-state index in [1.165, 1.54) is 0 Å². The highest BCUT2D eigenvalue weighted by Crippen LogP contribution is 2.44. The second-order valence-corrected chi connectivity index (χ2v) is 6.00. The summed E-state index contributed by atoms with van der Waals surface area (Å²) in [7, 11) is 0. The molecule has 6 heteroatoms. The van der Waals surface area contributed by atoms with E-state index >= 15 is 0 Å². The van der Waals surface area contributed by atoms with Crippen molar-refractivity contribution in [2.45, 2.75) is 51.0 Å². The molecule has 0 aromatic rings. The van der Waals surface area contributed by atoms with Gasteiger partial charge in [-0.1, -0.05) is 6.42 Å². The summed E-state index contributed by atoms with van der Waals surface area (Å²) in [5, 5.41) is 12.0. The van der Waals surface area contributed by atoms with Crippen LogP contribution < -0.4 is 5.32 Å². The molecule has 0 aromatic carbocycles. The van der Waals surface area contributed by atoms with E-state index in [1.54, 1.807) is 0 Å². The van der Waals surface area contributed by atoms with Crippen LogP contribution in [0.15, 0.2) is 0 Å². The van der Waals surface area contributed by atoms with E-state index in [9.17, 15) is 14.7 Å². The van der Waals surface area contributed by atoms with Gasteiger partial charge in [0.05, 0.1) is 11.5 Å². The first-order valence-corrected chi connectivity index (χ1v) is 7.82. The molecule has 1 heterocycles. The lowest BCUT2D eigenvalue weighted by atomic mass is 9.66. The van der Waals surface area contributed by atoms with E-state index in [0.29, 0.717) is 26.0 Å². The molecular weight excluding hydrogens is 274 g/mol. The molecule has 1 saturated heterocycles. The van der Waals surface area contributed by atoms with Crippen molar-refractivity contribution >= 4 is 11.9 Å². The fraction of sp³-hybridized carbons (Fsp3) is 0.867. The Labute approximate surface area is 125 Å². The normalized spacial score (nSPS) is 21.5. The predicted octanol–water partition coefficient (Wildman–Crippen LogP) is 1.33. The summed E-state index contributed by atoms with van der Waals surface area (Å²) >= 11 is 0.